The number of benzene rings is 2. The predicted octanol–water partition coefficient (Wildman–Crippen LogP) is 5.89. The molecule has 0 spiro atoms. The Kier molecular flexibility index (Phi) is 5.42. The highest BCUT2D eigenvalue weighted by molar-refractivity contribution is 5.93. The summed E-state index contributed by atoms with van der Waals surface area (Å²) in [6.45, 7) is 3.93. The molecule has 7 nitrogen and oxygen atoms in total. The van der Waals surface area contributed by atoms with E-state index < -0.39 is 0 Å². The summed E-state index contributed by atoms with van der Waals surface area (Å²) in [4.78, 5) is 32.1. The van der Waals surface area contributed by atoms with Gasteiger partial charge in [0.15, 0.2) is 11.6 Å². The Labute approximate surface area is 208 Å². The van der Waals surface area contributed by atoms with Crippen LogP contribution >= 0.6 is 0 Å². The summed E-state index contributed by atoms with van der Waals surface area (Å²) in [5, 5.41) is 1.02. The second kappa shape index (κ2) is 9.03. The Balaban J connectivity index is 1.42. The lowest BCUT2D eigenvalue weighted by Crippen LogP contribution is -1.98. The Morgan fingerprint density at radius 3 is 2.14 bits per heavy atom. The van der Waals surface area contributed by atoms with Crippen molar-refractivity contribution in [1.29, 1.82) is 0 Å². The Bertz CT molecular complexity index is 1710. The molecule has 0 radical (unpaired) electrons. The van der Waals surface area contributed by atoms with Crippen molar-refractivity contribution in [2.75, 3.05) is 0 Å². The zero-order chi connectivity index (χ0) is 24.5. The van der Waals surface area contributed by atoms with Gasteiger partial charge in [-0.25, -0.2) is 34.9 Å². The fourth-order valence-electron chi connectivity index (χ4n) is 4.21. The first-order chi connectivity index (χ1) is 17.6. The van der Waals surface area contributed by atoms with Gasteiger partial charge >= 0.3 is 0 Å². The average Bonchev–Trinajstić information content (AvgIpc) is 2.93. The average molecular weight is 468 g/mol. The van der Waals surface area contributed by atoms with E-state index in [1.165, 1.54) is 0 Å². The quantitative estimate of drug-likeness (QED) is 0.319. The van der Waals surface area contributed by atoms with Gasteiger partial charge in [0.25, 0.3) is 0 Å². The maximum atomic E-state index is 4.86. The minimum atomic E-state index is 0.544. The van der Waals surface area contributed by atoms with Gasteiger partial charge in [0.05, 0.1) is 16.9 Å². The lowest BCUT2D eigenvalue weighted by atomic mass is 10.0. The lowest BCUT2D eigenvalue weighted by Gasteiger charge is -2.10. The number of para-hydroxylation sites is 1. The first-order valence-electron chi connectivity index (χ1n) is 11.6. The molecule has 0 bridgehead atoms. The second-order valence-electron chi connectivity index (χ2n) is 8.47. The van der Waals surface area contributed by atoms with Gasteiger partial charge in [0.2, 0.25) is 0 Å². The molecule has 6 rings (SSSR count). The summed E-state index contributed by atoms with van der Waals surface area (Å²) < 4.78 is 0. The highest BCUT2D eigenvalue weighted by atomic mass is 14.9. The predicted molar refractivity (Wildman–Crippen MR) is 140 cm³/mol. The molecule has 0 fully saturated rings. The smallest absolute Gasteiger partial charge is 0.178 e. The summed E-state index contributed by atoms with van der Waals surface area (Å²) in [5.41, 5.74) is 7.01. The molecular weight excluding hydrogens is 446 g/mol. The van der Waals surface area contributed by atoms with Crippen molar-refractivity contribution in [2.45, 2.75) is 13.8 Å². The molecule has 0 N–H and O–H groups in total. The minimum absolute atomic E-state index is 0.544. The van der Waals surface area contributed by atoms with Crippen molar-refractivity contribution in [3.8, 4) is 45.6 Å². The molecule has 0 aliphatic rings. The van der Waals surface area contributed by atoms with Gasteiger partial charge in [-0.15, -0.1) is 0 Å². The van der Waals surface area contributed by atoms with Gasteiger partial charge in [0, 0.05) is 35.1 Å². The number of hydrogen-bond acceptors (Lipinski definition) is 7. The van der Waals surface area contributed by atoms with Crippen molar-refractivity contribution in [1.82, 2.24) is 34.9 Å². The zero-order valence-electron chi connectivity index (χ0n) is 19.8. The number of pyridine rings is 1. The number of rotatable bonds is 4. The largest absolute Gasteiger partial charge is 0.241 e. The maximum absolute atomic E-state index is 4.86. The fraction of sp³-hybridized carbons (Fsp3) is 0.0690. The van der Waals surface area contributed by atoms with Crippen LogP contribution in [0.1, 0.15) is 11.4 Å². The summed E-state index contributed by atoms with van der Waals surface area (Å²) in [5.74, 6) is 1.85. The fourth-order valence-corrected chi connectivity index (χ4v) is 4.21. The molecule has 4 heterocycles. The first-order valence-corrected chi connectivity index (χ1v) is 11.6. The van der Waals surface area contributed by atoms with E-state index in [-0.39, 0.29) is 0 Å². The van der Waals surface area contributed by atoms with E-state index in [1.807, 2.05) is 62.4 Å². The van der Waals surface area contributed by atoms with E-state index in [1.54, 1.807) is 24.7 Å². The van der Waals surface area contributed by atoms with Crippen LogP contribution in [0.2, 0.25) is 0 Å². The number of hydrogen-bond donors (Lipinski definition) is 0. The van der Waals surface area contributed by atoms with Gasteiger partial charge in [-0.05, 0) is 55.8 Å². The summed E-state index contributed by atoms with van der Waals surface area (Å²) in [7, 11) is 0. The Morgan fingerprint density at radius 2 is 1.28 bits per heavy atom. The van der Waals surface area contributed by atoms with Crippen molar-refractivity contribution >= 4 is 10.9 Å². The molecule has 2 aromatic carbocycles. The van der Waals surface area contributed by atoms with Crippen LogP contribution in [0.5, 0.6) is 0 Å². The molecule has 0 amide bonds. The van der Waals surface area contributed by atoms with Crippen LogP contribution < -0.4 is 0 Å². The molecule has 7 heteroatoms. The van der Waals surface area contributed by atoms with Crippen molar-refractivity contribution < 1.29 is 0 Å². The molecule has 0 aliphatic carbocycles. The Hall–Kier alpha value is -4.91. The number of aryl methyl sites for hydroxylation is 2. The van der Waals surface area contributed by atoms with Crippen LogP contribution in [0, 0.1) is 13.8 Å². The topological polar surface area (TPSA) is 90.2 Å². The summed E-state index contributed by atoms with van der Waals surface area (Å²) >= 11 is 0. The van der Waals surface area contributed by atoms with Crippen LogP contribution in [0.15, 0.2) is 91.4 Å². The SMILES string of the molecule is Cc1cc(-c2ncccn2)nc(-c2nccc(-c3cccc(-c4nc(C)nc5ccccc45)c3)n2)c1. The van der Waals surface area contributed by atoms with E-state index in [0.717, 1.165) is 44.8 Å². The zero-order valence-corrected chi connectivity index (χ0v) is 19.8. The van der Waals surface area contributed by atoms with Crippen molar-refractivity contribution in [3.05, 3.63) is 103 Å². The summed E-state index contributed by atoms with van der Waals surface area (Å²) in [6, 6.07) is 23.9. The van der Waals surface area contributed by atoms with Crippen LogP contribution in [0.4, 0.5) is 0 Å². The number of fused-ring (bicyclic) bond motifs is 1. The van der Waals surface area contributed by atoms with Crippen LogP contribution in [-0.2, 0) is 0 Å². The van der Waals surface area contributed by atoms with E-state index in [9.17, 15) is 0 Å². The van der Waals surface area contributed by atoms with Crippen molar-refractivity contribution in [3.63, 3.8) is 0 Å². The molecule has 36 heavy (non-hydrogen) atoms. The molecule has 0 unspecified atom stereocenters. The molecule has 0 atom stereocenters. The van der Waals surface area contributed by atoms with E-state index >= 15 is 0 Å². The van der Waals surface area contributed by atoms with E-state index in [0.29, 0.717) is 23.0 Å². The summed E-state index contributed by atoms with van der Waals surface area (Å²) in [6.07, 6.45) is 5.17. The lowest BCUT2D eigenvalue weighted by molar-refractivity contribution is 1.09. The molecule has 0 saturated heterocycles. The van der Waals surface area contributed by atoms with Gasteiger partial charge in [-0.2, -0.15) is 0 Å². The van der Waals surface area contributed by atoms with Crippen LogP contribution in [0.3, 0.4) is 0 Å². The maximum Gasteiger partial charge on any atom is 0.178 e. The molecular formula is C29H21N7. The standard InChI is InChI=1S/C29H21N7/c1-18-15-25(28-30-12-6-13-31-28)35-26(16-18)29-32-14-11-23(36-29)20-7-5-8-21(17-20)27-22-9-3-4-10-24(22)33-19(2)34-27/h3-17H,1-2H3. The normalized spacial score (nSPS) is 11.1. The number of nitrogens with zero attached hydrogens (tertiary/aromatic N) is 7. The van der Waals surface area contributed by atoms with Crippen LogP contribution in [-0.4, -0.2) is 34.9 Å². The highest BCUT2D eigenvalue weighted by Crippen LogP contribution is 2.30. The first kappa shape index (κ1) is 21.6. The minimum Gasteiger partial charge on any atom is -0.241 e. The second-order valence-corrected chi connectivity index (χ2v) is 8.47. The molecule has 0 saturated carbocycles. The van der Waals surface area contributed by atoms with Gasteiger partial charge in [-0.1, -0.05) is 36.4 Å². The van der Waals surface area contributed by atoms with Gasteiger partial charge in [0.1, 0.15) is 17.2 Å². The third kappa shape index (κ3) is 4.18. The van der Waals surface area contributed by atoms with Gasteiger partial charge in [-0.3, -0.25) is 0 Å². The Morgan fingerprint density at radius 1 is 0.528 bits per heavy atom. The third-order valence-corrected chi connectivity index (χ3v) is 5.80. The third-order valence-electron chi connectivity index (χ3n) is 5.80. The molecule has 4 aromatic heterocycles. The van der Waals surface area contributed by atoms with E-state index in [4.69, 9.17) is 15.0 Å². The molecule has 6 aromatic rings. The van der Waals surface area contributed by atoms with Crippen molar-refractivity contribution in [2.24, 2.45) is 0 Å². The highest BCUT2D eigenvalue weighted by Gasteiger charge is 2.13. The molecule has 0 aliphatic heterocycles. The molecule has 172 valence electrons. The monoisotopic (exact) mass is 467 g/mol. The van der Waals surface area contributed by atoms with E-state index in [2.05, 4.69) is 38.1 Å². The number of aromatic nitrogens is 7. The van der Waals surface area contributed by atoms with Gasteiger partial charge < -0.3 is 0 Å². The van der Waals surface area contributed by atoms with Crippen LogP contribution in [0.25, 0.3) is 56.5 Å².